The van der Waals surface area contributed by atoms with E-state index >= 15 is 0 Å². The number of aryl methyl sites for hydroxylation is 2. The number of nitrogens with one attached hydrogen (secondary N) is 1. The van der Waals surface area contributed by atoms with Gasteiger partial charge >= 0.3 is 0 Å². The van der Waals surface area contributed by atoms with E-state index in [1.165, 1.54) is 0 Å². The molecular weight excluding hydrogens is 376 g/mol. The average molecular weight is 396 g/mol. The number of nitrogens with zero attached hydrogens (tertiary/aromatic N) is 6. The summed E-state index contributed by atoms with van der Waals surface area (Å²) in [5.41, 5.74) is 10.4. The Morgan fingerprint density at radius 2 is 1.73 bits per heavy atom. The lowest BCUT2D eigenvalue weighted by Crippen LogP contribution is -2.02. The highest BCUT2D eigenvalue weighted by atomic mass is 15.3. The summed E-state index contributed by atoms with van der Waals surface area (Å²) in [5.74, 6) is 2.35. The van der Waals surface area contributed by atoms with Gasteiger partial charge in [-0.1, -0.05) is 24.3 Å². The molecule has 0 amide bonds. The number of hydrogen-bond donors (Lipinski definition) is 2. The van der Waals surface area contributed by atoms with Crippen molar-refractivity contribution in [1.82, 2.24) is 29.1 Å². The number of anilines is 3. The van der Waals surface area contributed by atoms with Gasteiger partial charge in [0.2, 0.25) is 0 Å². The Morgan fingerprint density at radius 1 is 0.900 bits per heavy atom. The maximum atomic E-state index is 5.98. The summed E-state index contributed by atoms with van der Waals surface area (Å²) in [7, 11) is 0. The number of imidazole rings is 1. The summed E-state index contributed by atoms with van der Waals surface area (Å²) in [4.78, 5) is 13.5. The lowest BCUT2D eigenvalue weighted by Gasteiger charge is -2.07. The highest BCUT2D eigenvalue weighted by Crippen LogP contribution is 2.30. The van der Waals surface area contributed by atoms with Crippen molar-refractivity contribution in [2.45, 2.75) is 13.8 Å². The van der Waals surface area contributed by atoms with Crippen LogP contribution in [-0.2, 0) is 0 Å². The second-order valence-corrected chi connectivity index (χ2v) is 7.02. The summed E-state index contributed by atoms with van der Waals surface area (Å²) < 4.78 is 3.82. The summed E-state index contributed by atoms with van der Waals surface area (Å²) in [5, 5.41) is 8.02. The summed E-state index contributed by atoms with van der Waals surface area (Å²) in [6, 6.07) is 17.6. The van der Waals surface area contributed by atoms with Crippen molar-refractivity contribution in [2.75, 3.05) is 11.1 Å². The molecular formula is C22H20N8. The van der Waals surface area contributed by atoms with Gasteiger partial charge in [-0.2, -0.15) is 5.10 Å². The molecule has 148 valence electrons. The first-order valence-corrected chi connectivity index (χ1v) is 9.56. The van der Waals surface area contributed by atoms with E-state index in [-0.39, 0.29) is 0 Å². The molecule has 0 aliphatic heterocycles. The fourth-order valence-electron chi connectivity index (χ4n) is 3.51. The number of rotatable bonds is 4. The van der Waals surface area contributed by atoms with E-state index in [1.54, 1.807) is 6.07 Å². The van der Waals surface area contributed by atoms with E-state index < -0.39 is 0 Å². The van der Waals surface area contributed by atoms with Crippen LogP contribution in [0, 0.1) is 13.8 Å². The van der Waals surface area contributed by atoms with Gasteiger partial charge in [0.25, 0.3) is 0 Å². The lowest BCUT2D eigenvalue weighted by atomic mass is 10.2. The maximum Gasteiger partial charge on any atom is 0.160 e. The van der Waals surface area contributed by atoms with Crippen LogP contribution in [0.15, 0.2) is 67.0 Å². The Bertz CT molecular complexity index is 1340. The van der Waals surface area contributed by atoms with Crippen molar-refractivity contribution in [3.8, 4) is 17.1 Å². The Hall–Kier alpha value is -4.20. The minimum absolute atomic E-state index is 0.415. The van der Waals surface area contributed by atoms with Crippen LogP contribution < -0.4 is 11.1 Å². The quantitative estimate of drug-likeness (QED) is 0.478. The minimum Gasteiger partial charge on any atom is -0.384 e. The van der Waals surface area contributed by atoms with E-state index in [2.05, 4.69) is 33.4 Å². The van der Waals surface area contributed by atoms with Crippen LogP contribution in [0.5, 0.6) is 0 Å². The number of aromatic nitrogens is 6. The molecule has 0 fully saturated rings. The van der Waals surface area contributed by atoms with Crippen LogP contribution in [-0.4, -0.2) is 29.1 Å². The van der Waals surface area contributed by atoms with Crippen LogP contribution in [0.4, 0.5) is 17.5 Å². The molecule has 0 atom stereocenters. The first kappa shape index (κ1) is 17.9. The molecule has 4 aromatic heterocycles. The van der Waals surface area contributed by atoms with Crippen LogP contribution in [0.2, 0.25) is 0 Å². The van der Waals surface area contributed by atoms with E-state index in [0.717, 1.165) is 22.6 Å². The zero-order valence-electron chi connectivity index (χ0n) is 16.6. The zero-order valence-corrected chi connectivity index (χ0v) is 16.6. The average Bonchev–Trinajstić information content (AvgIpc) is 3.32. The summed E-state index contributed by atoms with van der Waals surface area (Å²) in [6.07, 6.45) is 3.87. The predicted molar refractivity (Wildman–Crippen MR) is 117 cm³/mol. The minimum atomic E-state index is 0.415. The predicted octanol–water partition coefficient (Wildman–Crippen LogP) is 3.92. The van der Waals surface area contributed by atoms with E-state index in [4.69, 9.17) is 10.7 Å². The van der Waals surface area contributed by atoms with Crippen LogP contribution in [0.3, 0.4) is 0 Å². The van der Waals surface area contributed by atoms with Crippen molar-refractivity contribution in [3.05, 3.63) is 78.4 Å². The fraction of sp³-hybridized carbons (Fsp3) is 0.0909. The van der Waals surface area contributed by atoms with Gasteiger partial charge in [-0.3, -0.25) is 4.40 Å². The van der Waals surface area contributed by atoms with Gasteiger partial charge in [-0.05, 0) is 37.6 Å². The summed E-state index contributed by atoms with van der Waals surface area (Å²) >= 11 is 0. The first-order valence-electron chi connectivity index (χ1n) is 9.56. The van der Waals surface area contributed by atoms with Gasteiger partial charge in [0.15, 0.2) is 11.6 Å². The molecule has 3 N–H and O–H groups in total. The monoisotopic (exact) mass is 396 g/mol. The number of para-hydroxylation sites is 1. The molecule has 0 unspecified atom stereocenters. The Labute approximate surface area is 173 Å². The molecule has 30 heavy (non-hydrogen) atoms. The molecule has 1 aromatic carbocycles. The second-order valence-electron chi connectivity index (χ2n) is 7.02. The second kappa shape index (κ2) is 7.00. The first-order chi connectivity index (χ1) is 14.6. The van der Waals surface area contributed by atoms with Gasteiger partial charge in [-0.15, -0.1) is 0 Å². The number of nitrogens with two attached hydrogens (primary N) is 1. The molecule has 0 saturated carbocycles. The lowest BCUT2D eigenvalue weighted by molar-refractivity contribution is 0.876. The smallest absolute Gasteiger partial charge is 0.160 e. The molecule has 0 aliphatic carbocycles. The van der Waals surface area contributed by atoms with Crippen molar-refractivity contribution < 1.29 is 0 Å². The fourth-order valence-corrected chi connectivity index (χ4v) is 3.51. The number of benzene rings is 1. The van der Waals surface area contributed by atoms with Crippen LogP contribution in [0.25, 0.3) is 22.7 Å². The molecule has 0 saturated heterocycles. The topological polar surface area (TPSA) is 98.9 Å². The van der Waals surface area contributed by atoms with Crippen LogP contribution in [0.1, 0.15) is 11.4 Å². The van der Waals surface area contributed by atoms with E-state index in [0.29, 0.717) is 29.0 Å². The molecule has 0 radical (unpaired) electrons. The largest absolute Gasteiger partial charge is 0.384 e. The standard InChI is InChI=1S/C22H20N8/c1-14-7-3-4-8-17(14)30-12-10-19(28-30)26-22-21(16-13-18(23)25-15(2)24-16)29-11-6-5-9-20(29)27-22/h3-13H,1-2H3,(H,26,28)(H2,23,24,25). The van der Waals surface area contributed by atoms with Crippen LogP contribution >= 0.6 is 0 Å². The Morgan fingerprint density at radius 3 is 2.57 bits per heavy atom. The third-order valence-corrected chi connectivity index (χ3v) is 4.83. The molecule has 0 aliphatic rings. The number of pyridine rings is 1. The van der Waals surface area contributed by atoms with E-state index in [9.17, 15) is 0 Å². The maximum absolute atomic E-state index is 5.98. The molecule has 8 heteroatoms. The Kier molecular flexibility index (Phi) is 4.17. The number of nitrogen functional groups attached to an aromatic ring is 1. The molecule has 0 spiro atoms. The highest BCUT2D eigenvalue weighted by molar-refractivity contribution is 5.78. The third-order valence-electron chi connectivity index (χ3n) is 4.83. The molecule has 5 rings (SSSR count). The number of hydrogen-bond acceptors (Lipinski definition) is 6. The summed E-state index contributed by atoms with van der Waals surface area (Å²) in [6.45, 7) is 3.88. The van der Waals surface area contributed by atoms with Gasteiger partial charge in [-0.25, -0.2) is 19.6 Å². The number of fused-ring (bicyclic) bond motifs is 1. The van der Waals surface area contributed by atoms with Crippen molar-refractivity contribution in [3.63, 3.8) is 0 Å². The zero-order chi connectivity index (χ0) is 20.7. The molecule has 5 aromatic rings. The SMILES string of the molecule is Cc1nc(N)cc(-c2c(Nc3ccn(-c4ccccc4C)n3)nc3ccccn23)n1. The normalized spacial score (nSPS) is 11.1. The van der Waals surface area contributed by atoms with Crippen molar-refractivity contribution >= 4 is 23.1 Å². The molecule has 8 nitrogen and oxygen atoms in total. The van der Waals surface area contributed by atoms with Gasteiger partial charge in [0.1, 0.15) is 23.0 Å². The van der Waals surface area contributed by atoms with Gasteiger partial charge in [0.05, 0.1) is 11.4 Å². The Balaban J connectivity index is 1.60. The van der Waals surface area contributed by atoms with Crippen molar-refractivity contribution in [2.24, 2.45) is 0 Å². The highest BCUT2D eigenvalue weighted by Gasteiger charge is 2.17. The van der Waals surface area contributed by atoms with E-state index in [1.807, 2.05) is 70.9 Å². The van der Waals surface area contributed by atoms with Gasteiger partial charge < -0.3 is 11.1 Å². The third kappa shape index (κ3) is 3.14. The molecule has 4 heterocycles. The van der Waals surface area contributed by atoms with Crippen molar-refractivity contribution in [1.29, 1.82) is 0 Å². The van der Waals surface area contributed by atoms with Gasteiger partial charge in [0, 0.05) is 24.5 Å². The molecule has 0 bridgehead atoms.